The maximum atomic E-state index is 12.6. The molecule has 0 bridgehead atoms. The molecular formula is C21H25ClN6O2. The molecule has 2 heterocycles. The maximum Gasteiger partial charge on any atom is 0.324 e. The summed E-state index contributed by atoms with van der Waals surface area (Å²) in [5, 5.41) is 10.7. The van der Waals surface area contributed by atoms with Gasteiger partial charge in [0.25, 0.3) is 5.56 Å². The third-order valence-corrected chi connectivity index (χ3v) is 4.84. The quantitative estimate of drug-likeness (QED) is 0.571. The lowest BCUT2D eigenvalue weighted by Crippen LogP contribution is -2.24. The molecule has 8 nitrogen and oxygen atoms in total. The monoisotopic (exact) mass is 428 g/mol. The molecule has 9 heteroatoms. The lowest BCUT2D eigenvalue weighted by Gasteiger charge is -2.14. The van der Waals surface area contributed by atoms with Crippen LogP contribution in [-0.2, 0) is 11.8 Å². The van der Waals surface area contributed by atoms with Crippen LogP contribution in [-0.4, -0.2) is 25.8 Å². The van der Waals surface area contributed by atoms with Crippen molar-refractivity contribution in [2.45, 2.75) is 46.5 Å². The van der Waals surface area contributed by atoms with Crippen LogP contribution in [0.4, 0.5) is 16.3 Å². The van der Waals surface area contributed by atoms with Gasteiger partial charge in [0.05, 0.1) is 5.69 Å². The summed E-state index contributed by atoms with van der Waals surface area (Å²) >= 11 is 5.88. The van der Waals surface area contributed by atoms with E-state index in [1.807, 2.05) is 27.7 Å². The summed E-state index contributed by atoms with van der Waals surface area (Å²) in [5.41, 5.74) is 2.09. The number of urea groups is 1. The van der Waals surface area contributed by atoms with Crippen LogP contribution in [0, 0.1) is 6.92 Å². The summed E-state index contributed by atoms with van der Waals surface area (Å²) in [5.74, 6) is 0.630. The number of nitrogens with zero attached hydrogens (tertiary/aromatic N) is 3. The summed E-state index contributed by atoms with van der Waals surface area (Å²) in [6.45, 7) is 9.72. The van der Waals surface area contributed by atoms with Crippen molar-refractivity contribution >= 4 is 29.1 Å². The second kappa shape index (κ2) is 8.31. The smallest absolute Gasteiger partial charge is 0.308 e. The topological polar surface area (TPSA) is 105 Å². The highest BCUT2D eigenvalue weighted by atomic mass is 35.5. The van der Waals surface area contributed by atoms with Crippen LogP contribution in [0.5, 0.6) is 0 Å². The summed E-state index contributed by atoms with van der Waals surface area (Å²) in [6.07, 6.45) is 0.579. The first-order valence-corrected chi connectivity index (χ1v) is 10.0. The first-order chi connectivity index (χ1) is 14.1. The summed E-state index contributed by atoms with van der Waals surface area (Å²) in [4.78, 5) is 32.2. The highest BCUT2D eigenvalue weighted by Gasteiger charge is 2.23. The summed E-state index contributed by atoms with van der Waals surface area (Å²) < 4.78 is 1.44. The number of nitrogens with one attached hydrogen (secondary N) is 3. The highest BCUT2D eigenvalue weighted by molar-refractivity contribution is 6.30. The fraction of sp³-hybridized carbons (Fsp3) is 0.333. The molecule has 0 saturated carbocycles. The second-order valence-electron chi connectivity index (χ2n) is 7.97. The zero-order valence-electron chi connectivity index (χ0n) is 17.6. The van der Waals surface area contributed by atoms with Gasteiger partial charge >= 0.3 is 6.03 Å². The number of hydrogen-bond donors (Lipinski definition) is 3. The van der Waals surface area contributed by atoms with Gasteiger partial charge in [0.1, 0.15) is 5.82 Å². The third kappa shape index (κ3) is 4.71. The first-order valence-electron chi connectivity index (χ1n) is 9.62. The number of carbonyl (C=O) groups is 1. The van der Waals surface area contributed by atoms with E-state index < -0.39 is 6.03 Å². The van der Waals surface area contributed by atoms with Gasteiger partial charge in [-0.25, -0.2) is 9.78 Å². The van der Waals surface area contributed by atoms with Gasteiger partial charge in [-0.3, -0.25) is 15.1 Å². The number of carbonyl (C=O) groups excluding carboxylic acids is 1. The molecule has 3 N–H and O–H groups in total. The van der Waals surface area contributed by atoms with Gasteiger partial charge in [0, 0.05) is 33.4 Å². The number of amides is 2. The van der Waals surface area contributed by atoms with Gasteiger partial charge in [-0.1, -0.05) is 39.3 Å². The molecule has 2 amide bonds. The number of aryl methyl sites for hydroxylation is 1. The number of H-pyrrole nitrogens is 1. The van der Waals surface area contributed by atoms with Crippen molar-refractivity contribution in [3.63, 3.8) is 0 Å². The zero-order valence-corrected chi connectivity index (χ0v) is 18.4. The van der Waals surface area contributed by atoms with Gasteiger partial charge in [-0.15, -0.1) is 0 Å². The summed E-state index contributed by atoms with van der Waals surface area (Å²) in [7, 11) is 0. The molecule has 3 rings (SSSR count). The van der Waals surface area contributed by atoms with Crippen LogP contribution >= 0.6 is 11.6 Å². The molecule has 30 heavy (non-hydrogen) atoms. The molecule has 0 fully saturated rings. The van der Waals surface area contributed by atoms with Crippen molar-refractivity contribution in [2.24, 2.45) is 0 Å². The minimum absolute atomic E-state index is 0.218. The molecule has 0 radical (unpaired) electrons. The molecule has 1 aromatic carbocycles. The Morgan fingerprint density at radius 3 is 2.43 bits per heavy atom. The second-order valence-corrected chi connectivity index (χ2v) is 8.41. The molecule has 158 valence electrons. The Kier molecular flexibility index (Phi) is 5.98. The number of hydrogen-bond acceptors (Lipinski definition) is 4. The van der Waals surface area contributed by atoms with E-state index in [0.717, 1.165) is 5.69 Å². The van der Waals surface area contributed by atoms with Crippen molar-refractivity contribution in [1.82, 2.24) is 19.7 Å². The van der Waals surface area contributed by atoms with Crippen LogP contribution in [0.3, 0.4) is 0 Å². The lowest BCUT2D eigenvalue weighted by atomic mass is 9.92. The number of rotatable bonds is 4. The van der Waals surface area contributed by atoms with Gasteiger partial charge in [0.15, 0.2) is 0 Å². The highest BCUT2D eigenvalue weighted by Crippen LogP contribution is 2.25. The Labute approximate surface area is 179 Å². The van der Waals surface area contributed by atoms with Crippen molar-refractivity contribution in [3.05, 3.63) is 62.7 Å². The Balaban J connectivity index is 1.97. The van der Waals surface area contributed by atoms with Crippen molar-refractivity contribution in [3.8, 4) is 5.95 Å². The first kappa shape index (κ1) is 21.6. The molecule has 0 unspecified atom stereocenters. The average Bonchev–Trinajstić information content (AvgIpc) is 3.07. The molecule has 0 aliphatic carbocycles. The van der Waals surface area contributed by atoms with E-state index in [1.54, 1.807) is 37.3 Å². The van der Waals surface area contributed by atoms with Gasteiger partial charge in [0.2, 0.25) is 5.95 Å². The van der Waals surface area contributed by atoms with E-state index in [1.165, 1.54) is 4.68 Å². The maximum absolute atomic E-state index is 12.6. The number of aromatic amines is 1. The SMILES string of the molecule is CCc1c(C)nc(-n2nc(C(C)(C)C)cc2NC(=O)Nc2ccc(Cl)cc2)[nH]c1=O. The molecule has 0 aliphatic heterocycles. The average molecular weight is 429 g/mol. The largest absolute Gasteiger partial charge is 0.324 e. The Hall–Kier alpha value is -3.13. The van der Waals surface area contributed by atoms with Crippen LogP contribution in [0.25, 0.3) is 5.95 Å². The molecule has 0 atom stereocenters. The van der Waals surface area contributed by atoms with E-state index >= 15 is 0 Å². The van der Waals surface area contributed by atoms with Crippen LogP contribution in [0.15, 0.2) is 35.1 Å². The standard InChI is InChI=1S/C21H25ClN6O2/c1-6-15-12(2)23-19(26-18(15)29)28-17(11-16(27-28)21(3,4)5)25-20(30)24-14-9-7-13(22)8-10-14/h7-11H,6H2,1-5H3,(H,23,26,29)(H2,24,25,30). The van der Waals surface area contributed by atoms with E-state index in [-0.39, 0.29) is 16.9 Å². The van der Waals surface area contributed by atoms with Crippen LogP contribution < -0.4 is 16.2 Å². The number of anilines is 2. The summed E-state index contributed by atoms with van der Waals surface area (Å²) in [6, 6.07) is 8.09. The fourth-order valence-corrected chi connectivity index (χ4v) is 3.05. The van der Waals surface area contributed by atoms with Crippen molar-refractivity contribution < 1.29 is 4.79 Å². The molecule has 2 aromatic heterocycles. The van der Waals surface area contributed by atoms with Crippen molar-refractivity contribution in [2.75, 3.05) is 10.6 Å². The Morgan fingerprint density at radius 2 is 1.87 bits per heavy atom. The van der Waals surface area contributed by atoms with E-state index in [9.17, 15) is 9.59 Å². The van der Waals surface area contributed by atoms with E-state index in [0.29, 0.717) is 34.2 Å². The Bertz CT molecular complexity index is 1130. The Morgan fingerprint density at radius 1 is 1.20 bits per heavy atom. The molecule has 3 aromatic rings. The third-order valence-electron chi connectivity index (χ3n) is 4.59. The fourth-order valence-electron chi connectivity index (χ4n) is 2.92. The van der Waals surface area contributed by atoms with Gasteiger partial charge in [-0.2, -0.15) is 9.78 Å². The minimum Gasteiger partial charge on any atom is -0.308 e. The van der Waals surface area contributed by atoms with Crippen molar-refractivity contribution in [1.29, 1.82) is 0 Å². The van der Waals surface area contributed by atoms with E-state index in [2.05, 4.69) is 25.7 Å². The predicted molar refractivity (Wildman–Crippen MR) is 119 cm³/mol. The number of aromatic nitrogens is 4. The lowest BCUT2D eigenvalue weighted by molar-refractivity contribution is 0.262. The minimum atomic E-state index is -0.455. The molecule has 0 spiro atoms. The normalized spacial score (nSPS) is 11.4. The number of benzene rings is 1. The van der Waals surface area contributed by atoms with Crippen LogP contribution in [0.1, 0.15) is 44.6 Å². The van der Waals surface area contributed by atoms with Crippen LogP contribution in [0.2, 0.25) is 5.02 Å². The van der Waals surface area contributed by atoms with Gasteiger partial charge < -0.3 is 5.32 Å². The number of halogens is 1. The molecule has 0 aliphatic rings. The zero-order chi connectivity index (χ0) is 22.1. The molecular weight excluding hydrogens is 404 g/mol. The van der Waals surface area contributed by atoms with Gasteiger partial charge in [-0.05, 0) is 37.6 Å². The predicted octanol–water partition coefficient (Wildman–Crippen LogP) is 4.42. The van der Waals surface area contributed by atoms with E-state index in [4.69, 9.17) is 11.6 Å². The molecule has 0 saturated heterocycles.